The summed E-state index contributed by atoms with van der Waals surface area (Å²) in [5.74, 6) is 4.58. The minimum absolute atomic E-state index is 0.274. The summed E-state index contributed by atoms with van der Waals surface area (Å²) in [4.78, 5) is 0. The first kappa shape index (κ1) is 17.1. The minimum atomic E-state index is -0.274. The highest BCUT2D eigenvalue weighted by Gasteiger charge is 2.18. The van der Waals surface area contributed by atoms with Crippen molar-refractivity contribution < 1.29 is 0 Å². The molecule has 2 heteroatoms. The van der Waals surface area contributed by atoms with Crippen LogP contribution in [0, 0.1) is 0 Å². The Balaban J connectivity index is 3.86. The summed E-state index contributed by atoms with van der Waals surface area (Å²) >= 11 is 2.86. The van der Waals surface area contributed by atoms with Crippen molar-refractivity contribution in [1.82, 2.24) is 0 Å². The first-order valence-corrected chi connectivity index (χ1v) is 11.8. The highest BCUT2D eigenvalue weighted by molar-refractivity contribution is 14.2. The standard InChI is InChI=1S/C14H31IS/c1-4-7-10-11-14-16(15,12-8-5-2)13-9-6-3/h4-14H2,1-3H3. The van der Waals surface area contributed by atoms with Crippen LogP contribution in [0.2, 0.25) is 0 Å². The number of rotatable bonds is 11. The predicted octanol–water partition coefficient (Wildman–Crippen LogP) is 6.32. The Morgan fingerprint density at radius 2 is 1.06 bits per heavy atom. The number of halogens is 1. The topological polar surface area (TPSA) is 0 Å². The van der Waals surface area contributed by atoms with Crippen molar-refractivity contribution in [2.75, 3.05) is 17.3 Å². The molecule has 0 rings (SSSR count). The van der Waals surface area contributed by atoms with Gasteiger partial charge in [0.2, 0.25) is 0 Å². The molecule has 0 unspecified atom stereocenters. The zero-order valence-electron chi connectivity index (χ0n) is 11.6. The van der Waals surface area contributed by atoms with Crippen molar-refractivity contribution in [3.8, 4) is 0 Å². The van der Waals surface area contributed by atoms with Crippen molar-refractivity contribution >= 4 is 28.4 Å². The second-order valence-corrected chi connectivity index (χ2v) is 13.5. The van der Waals surface area contributed by atoms with Gasteiger partial charge in [-0.15, -0.1) is 0 Å². The lowest BCUT2D eigenvalue weighted by atomic mass is 10.2. The molecule has 0 amide bonds. The van der Waals surface area contributed by atoms with Crippen LogP contribution < -0.4 is 0 Å². The van der Waals surface area contributed by atoms with Gasteiger partial charge in [0.05, 0.1) is 0 Å². The fraction of sp³-hybridized carbons (Fsp3) is 1.00. The maximum absolute atomic E-state index is 2.86. The Morgan fingerprint density at radius 3 is 1.50 bits per heavy atom. The summed E-state index contributed by atoms with van der Waals surface area (Å²) in [5.41, 5.74) is 0. The van der Waals surface area contributed by atoms with E-state index in [1.54, 1.807) is 0 Å². The second kappa shape index (κ2) is 11.2. The Hall–Kier alpha value is 1.08. The molecule has 0 heterocycles. The van der Waals surface area contributed by atoms with Crippen LogP contribution in [-0.2, 0) is 0 Å². The smallest absolute Gasteiger partial charge is 0.0144 e. The molecule has 0 fully saturated rings. The molecule has 100 valence electrons. The van der Waals surface area contributed by atoms with Crippen molar-refractivity contribution in [3.63, 3.8) is 0 Å². The molecular weight excluding hydrogens is 327 g/mol. The lowest BCUT2D eigenvalue weighted by Crippen LogP contribution is -2.07. The molecule has 0 radical (unpaired) electrons. The monoisotopic (exact) mass is 358 g/mol. The molecule has 16 heavy (non-hydrogen) atoms. The van der Waals surface area contributed by atoms with E-state index >= 15 is 0 Å². The number of unbranched alkanes of at least 4 members (excludes halogenated alkanes) is 5. The molecule has 0 spiro atoms. The Bertz CT molecular complexity index is 140. The molecule has 0 aliphatic carbocycles. The van der Waals surface area contributed by atoms with Gasteiger partial charge in [0.1, 0.15) is 0 Å². The summed E-state index contributed by atoms with van der Waals surface area (Å²) in [6.07, 6.45) is 11.4. The van der Waals surface area contributed by atoms with Crippen LogP contribution in [0.15, 0.2) is 0 Å². The van der Waals surface area contributed by atoms with E-state index in [1.165, 1.54) is 68.6 Å². The van der Waals surface area contributed by atoms with E-state index < -0.39 is 0 Å². The van der Waals surface area contributed by atoms with Gasteiger partial charge in [-0.25, -0.2) is 0 Å². The van der Waals surface area contributed by atoms with E-state index in [4.69, 9.17) is 0 Å². The molecule has 0 aromatic carbocycles. The van der Waals surface area contributed by atoms with Crippen molar-refractivity contribution in [1.29, 1.82) is 0 Å². The highest BCUT2D eigenvalue weighted by Crippen LogP contribution is 2.58. The molecule has 0 aliphatic rings. The molecule has 0 N–H and O–H groups in total. The van der Waals surface area contributed by atoms with Crippen molar-refractivity contribution in [2.45, 2.75) is 72.1 Å². The summed E-state index contributed by atoms with van der Waals surface area (Å²) in [7, 11) is -0.274. The molecule has 0 nitrogen and oxygen atoms in total. The summed E-state index contributed by atoms with van der Waals surface area (Å²) in [6, 6.07) is 0. The van der Waals surface area contributed by atoms with E-state index in [9.17, 15) is 0 Å². The van der Waals surface area contributed by atoms with E-state index in [1.807, 2.05) is 0 Å². The largest absolute Gasteiger partial charge is 0.187 e. The molecule has 0 saturated heterocycles. The Morgan fingerprint density at radius 1 is 0.625 bits per heavy atom. The molecule has 0 aromatic heterocycles. The van der Waals surface area contributed by atoms with Crippen LogP contribution in [0.25, 0.3) is 0 Å². The zero-order chi connectivity index (χ0) is 12.3. The normalized spacial score (nSPS) is 13.0. The third-order valence-corrected chi connectivity index (χ3v) is 10.1. The molecule has 0 saturated carbocycles. The molecule has 0 atom stereocenters. The maximum atomic E-state index is 2.86. The van der Waals surface area contributed by atoms with Gasteiger partial charge in [-0.2, -0.15) is 7.20 Å². The van der Waals surface area contributed by atoms with Gasteiger partial charge in [-0.3, -0.25) is 0 Å². The highest BCUT2D eigenvalue weighted by atomic mass is 127. The van der Waals surface area contributed by atoms with Gasteiger partial charge < -0.3 is 0 Å². The zero-order valence-corrected chi connectivity index (χ0v) is 14.5. The second-order valence-electron chi connectivity index (χ2n) is 4.82. The van der Waals surface area contributed by atoms with Crippen LogP contribution in [0.5, 0.6) is 0 Å². The quantitative estimate of drug-likeness (QED) is 0.299. The number of hydrogen-bond acceptors (Lipinski definition) is 0. The molecule has 0 aromatic rings. The van der Waals surface area contributed by atoms with Crippen LogP contribution in [0.1, 0.15) is 72.1 Å². The van der Waals surface area contributed by atoms with Crippen LogP contribution in [0.4, 0.5) is 0 Å². The summed E-state index contributed by atoms with van der Waals surface area (Å²) in [5, 5.41) is 0. The van der Waals surface area contributed by atoms with Gasteiger partial charge >= 0.3 is 0 Å². The first-order chi connectivity index (χ1) is 7.68. The van der Waals surface area contributed by atoms with E-state index in [2.05, 4.69) is 42.0 Å². The lowest BCUT2D eigenvalue weighted by Gasteiger charge is -2.34. The van der Waals surface area contributed by atoms with Gasteiger partial charge in [0.15, 0.2) is 0 Å². The number of hydrogen-bond donors (Lipinski definition) is 0. The average molecular weight is 358 g/mol. The van der Waals surface area contributed by atoms with E-state index in [0.29, 0.717) is 0 Å². The van der Waals surface area contributed by atoms with Crippen LogP contribution >= 0.6 is 28.4 Å². The van der Waals surface area contributed by atoms with Crippen molar-refractivity contribution in [3.05, 3.63) is 0 Å². The molecule has 0 aliphatic heterocycles. The Kier molecular flexibility index (Phi) is 11.9. The SMILES string of the molecule is CCCCCCS(I)(CCCC)CCCC. The van der Waals surface area contributed by atoms with Crippen molar-refractivity contribution in [2.24, 2.45) is 0 Å². The fourth-order valence-corrected chi connectivity index (χ4v) is 7.65. The lowest BCUT2D eigenvalue weighted by molar-refractivity contribution is 0.704. The van der Waals surface area contributed by atoms with Crippen LogP contribution in [0.3, 0.4) is 0 Å². The molecular formula is C14H31IS. The predicted molar refractivity (Wildman–Crippen MR) is 90.2 cm³/mol. The minimum Gasteiger partial charge on any atom is -0.187 e. The first-order valence-electron chi connectivity index (χ1n) is 7.14. The Labute approximate surface area is 117 Å². The maximum Gasteiger partial charge on any atom is -0.0144 e. The van der Waals surface area contributed by atoms with Gasteiger partial charge in [-0.1, -0.05) is 52.9 Å². The van der Waals surface area contributed by atoms with Gasteiger partial charge in [0, 0.05) is 0 Å². The van der Waals surface area contributed by atoms with E-state index in [-0.39, 0.29) is 7.20 Å². The van der Waals surface area contributed by atoms with Gasteiger partial charge in [0.25, 0.3) is 0 Å². The average Bonchev–Trinajstić information content (AvgIpc) is 2.30. The van der Waals surface area contributed by atoms with E-state index in [0.717, 1.165) is 0 Å². The fourth-order valence-electron chi connectivity index (χ4n) is 1.90. The summed E-state index contributed by atoms with van der Waals surface area (Å²) < 4.78 is 0. The molecule has 0 bridgehead atoms. The third-order valence-electron chi connectivity index (χ3n) is 3.09. The third kappa shape index (κ3) is 9.15. The van der Waals surface area contributed by atoms with Gasteiger partial charge in [-0.05, 0) is 57.7 Å². The van der Waals surface area contributed by atoms with Crippen LogP contribution in [-0.4, -0.2) is 17.3 Å². The summed E-state index contributed by atoms with van der Waals surface area (Å²) in [6.45, 7) is 6.96.